The van der Waals surface area contributed by atoms with E-state index in [2.05, 4.69) is 5.32 Å². The molecule has 2 aromatic carbocycles. The van der Waals surface area contributed by atoms with Crippen LogP contribution in [0.5, 0.6) is 0 Å². The molecule has 0 radical (unpaired) electrons. The van der Waals surface area contributed by atoms with Crippen LogP contribution >= 0.6 is 23.2 Å². The van der Waals surface area contributed by atoms with Crippen molar-refractivity contribution in [2.45, 2.75) is 6.04 Å². The van der Waals surface area contributed by atoms with E-state index >= 15 is 0 Å². The first-order valence-electron chi connectivity index (χ1n) is 5.50. The molecular formula is C14H12Cl2FN. The third-order valence-electron chi connectivity index (χ3n) is 2.78. The Morgan fingerprint density at radius 3 is 2.39 bits per heavy atom. The van der Waals surface area contributed by atoms with Gasteiger partial charge in [-0.1, -0.05) is 47.5 Å². The molecule has 0 saturated heterocycles. The molecule has 0 fully saturated rings. The molecule has 4 heteroatoms. The first kappa shape index (κ1) is 13.3. The summed E-state index contributed by atoms with van der Waals surface area (Å²) in [4.78, 5) is 0. The molecule has 0 spiro atoms. The molecule has 0 bridgehead atoms. The van der Waals surface area contributed by atoms with E-state index in [1.807, 2.05) is 0 Å². The topological polar surface area (TPSA) is 12.0 Å². The van der Waals surface area contributed by atoms with Gasteiger partial charge in [-0.15, -0.1) is 0 Å². The van der Waals surface area contributed by atoms with Crippen molar-refractivity contribution < 1.29 is 4.39 Å². The van der Waals surface area contributed by atoms with E-state index in [1.54, 1.807) is 43.4 Å². The van der Waals surface area contributed by atoms with Gasteiger partial charge >= 0.3 is 0 Å². The Kier molecular flexibility index (Phi) is 4.23. The van der Waals surface area contributed by atoms with Crippen molar-refractivity contribution in [3.8, 4) is 0 Å². The molecule has 0 saturated carbocycles. The van der Waals surface area contributed by atoms with Gasteiger partial charge in [0.1, 0.15) is 5.82 Å². The van der Waals surface area contributed by atoms with Gasteiger partial charge in [0.2, 0.25) is 0 Å². The summed E-state index contributed by atoms with van der Waals surface area (Å²) in [5.74, 6) is -0.261. The summed E-state index contributed by atoms with van der Waals surface area (Å²) < 4.78 is 13.8. The molecule has 1 atom stereocenters. The zero-order valence-electron chi connectivity index (χ0n) is 9.75. The van der Waals surface area contributed by atoms with Crippen LogP contribution < -0.4 is 5.32 Å². The lowest BCUT2D eigenvalue weighted by Gasteiger charge is -2.19. The molecule has 1 unspecified atom stereocenters. The van der Waals surface area contributed by atoms with Crippen molar-refractivity contribution in [3.05, 3.63) is 69.5 Å². The lowest BCUT2D eigenvalue weighted by Crippen LogP contribution is -2.19. The molecule has 2 rings (SSSR count). The minimum Gasteiger partial charge on any atom is -0.309 e. The first-order chi connectivity index (χ1) is 8.63. The molecule has 0 heterocycles. The largest absolute Gasteiger partial charge is 0.309 e. The Morgan fingerprint density at radius 1 is 1.06 bits per heavy atom. The van der Waals surface area contributed by atoms with Crippen molar-refractivity contribution >= 4 is 23.2 Å². The molecule has 2 aromatic rings. The van der Waals surface area contributed by atoms with E-state index in [1.165, 1.54) is 6.07 Å². The van der Waals surface area contributed by atoms with Gasteiger partial charge in [-0.3, -0.25) is 0 Å². The van der Waals surface area contributed by atoms with Gasteiger partial charge in [0, 0.05) is 15.6 Å². The van der Waals surface area contributed by atoms with Gasteiger partial charge in [0.25, 0.3) is 0 Å². The fourth-order valence-electron chi connectivity index (χ4n) is 1.92. The molecule has 0 aliphatic carbocycles. The van der Waals surface area contributed by atoms with Crippen molar-refractivity contribution in [2.75, 3.05) is 7.05 Å². The van der Waals surface area contributed by atoms with E-state index in [9.17, 15) is 4.39 Å². The second-order valence-electron chi connectivity index (χ2n) is 3.91. The van der Waals surface area contributed by atoms with Gasteiger partial charge in [-0.2, -0.15) is 0 Å². The number of nitrogens with one attached hydrogen (secondary N) is 1. The van der Waals surface area contributed by atoms with Crippen LogP contribution in [0.4, 0.5) is 4.39 Å². The van der Waals surface area contributed by atoms with Crippen molar-refractivity contribution in [1.29, 1.82) is 0 Å². The summed E-state index contributed by atoms with van der Waals surface area (Å²) >= 11 is 12.0. The van der Waals surface area contributed by atoms with E-state index in [0.717, 1.165) is 5.56 Å². The zero-order valence-corrected chi connectivity index (χ0v) is 11.3. The maximum Gasteiger partial charge on any atom is 0.128 e. The highest BCUT2D eigenvalue weighted by Gasteiger charge is 2.18. The van der Waals surface area contributed by atoms with Crippen LogP contribution in [0.2, 0.25) is 10.0 Å². The van der Waals surface area contributed by atoms with E-state index < -0.39 is 0 Å². The molecule has 0 aliphatic heterocycles. The average Bonchev–Trinajstić information content (AvgIpc) is 2.34. The Bertz CT molecular complexity index is 557. The summed E-state index contributed by atoms with van der Waals surface area (Å²) in [6, 6.07) is 11.5. The van der Waals surface area contributed by atoms with Crippen molar-refractivity contribution in [1.82, 2.24) is 5.32 Å². The third kappa shape index (κ3) is 2.66. The van der Waals surface area contributed by atoms with Crippen LogP contribution in [-0.2, 0) is 0 Å². The van der Waals surface area contributed by atoms with Gasteiger partial charge < -0.3 is 5.32 Å². The van der Waals surface area contributed by atoms with Crippen molar-refractivity contribution in [3.63, 3.8) is 0 Å². The number of benzene rings is 2. The summed E-state index contributed by atoms with van der Waals surface area (Å²) in [7, 11) is 1.77. The highest BCUT2D eigenvalue weighted by atomic mass is 35.5. The highest BCUT2D eigenvalue weighted by Crippen LogP contribution is 2.31. The Labute approximate surface area is 116 Å². The maximum absolute atomic E-state index is 13.8. The monoisotopic (exact) mass is 283 g/mol. The SMILES string of the molecule is CNC(c1ccccc1F)c1ccc(Cl)cc1Cl. The summed E-state index contributed by atoms with van der Waals surface area (Å²) in [5.41, 5.74) is 1.36. The van der Waals surface area contributed by atoms with E-state index in [-0.39, 0.29) is 11.9 Å². The van der Waals surface area contributed by atoms with Gasteiger partial charge in [0.15, 0.2) is 0 Å². The minimum absolute atomic E-state index is 0.261. The second-order valence-corrected chi connectivity index (χ2v) is 4.75. The van der Waals surface area contributed by atoms with Crippen LogP contribution in [0.1, 0.15) is 17.2 Å². The highest BCUT2D eigenvalue weighted by molar-refractivity contribution is 6.35. The molecule has 0 aliphatic rings. The fourth-order valence-corrected chi connectivity index (χ4v) is 2.44. The Hall–Kier alpha value is -1.09. The van der Waals surface area contributed by atoms with Gasteiger partial charge in [-0.05, 0) is 30.8 Å². The summed E-state index contributed by atoms with van der Waals surface area (Å²) in [6.07, 6.45) is 0. The smallest absolute Gasteiger partial charge is 0.128 e. The predicted octanol–water partition coefficient (Wildman–Crippen LogP) is 4.44. The predicted molar refractivity (Wildman–Crippen MR) is 73.8 cm³/mol. The third-order valence-corrected chi connectivity index (χ3v) is 3.34. The van der Waals surface area contributed by atoms with Crippen LogP contribution in [0.25, 0.3) is 0 Å². The zero-order chi connectivity index (χ0) is 13.1. The lowest BCUT2D eigenvalue weighted by atomic mass is 9.98. The second kappa shape index (κ2) is 5.70. The van der Waals surface area contributed by atoms with Crippen LogP contribution in [0, 0.1) is 5.82 Å². The van der Waals surface area contributed by atoms with Crippen molar-refractivity contribution in [2.24, 2.45) is 0 Å². The van der Waals surface area contributed by atoms with E-state index in [4.69, 9.17) is 23.2 Å². The summed E-state index contributed by atoms with van der Waals surface area (Å²) in [6.45, 7) is 0. The first-order valence-corrected chi connectivity index (χ1v) is 6.25. The molecule has 1 N–H and O–H groups in total. The summed E-state index contributed by atoms with van der Waals surface area (Å²) in [5, 5.41) is 4.15. The normalized spacial score (nSPS) is 12.4. The minimum atomic E-state index is -0.295. The fraction of sp³-hybridized carbons (Fsp3) is 0.143. The Balaban J connectivity index is 2.49. The van der Waals surface area contributed by atoms with Gasteiger partial charge in [-0.25, -0.2) is 4.39 Å². The number of rotatable bonds is 3. The standard InChI is InChI=1S/C14H12Cl2FN/c1-18-14(11-4-2-3-5-13(11)17)10-7-6-9(15)8-12(10)16/h2-8,14,18H,1H3. The molecule has 94 valence electrons. The lowest BCUT2D eigenvalue weighted by molar-refractivity contribution is 0.576. The van der Waals surface area contributed by atoms with Crippen LogP contribution in [0.3, 0.4) is 0 Å². The number of halogens is 3. The van der Waals surface area contributed by atoms with Gasteiger partial charge in [0.05, 0.1) is 6.04 Å². The maximum atomic E-state index is 13.8. The average molecular weight is 284 g/mol. The van der Waals surface area contributed by atoms with E-state index in [0.29, 0.717) is 15.6 Å². The van der Waals surface area contributed by atoms with Crippen LogP contribution in [-0.4, -0.2) is 7.05 Å². The molecular weight excluding hydrogens is 272 g/mol. The number of hydrogen-bond acceptors (Lipinski definition) is 1. The Morgan fingerprint density at radius 2 is 1.78 bits per heavy atom. The molecule has 18 heavy (non-hydrogen) atoms. The molecule has 1 nitrogen and oxygen atoms in total. The number of hydrogen-bond donors (Lipinski definition) is 1. The molecule has 0 aromatic heterocycles. The quantitative estimate of drug-likeness (QED) is 0.878. The molecule has 0 amide bonds. The van der Waals surface area contributed by atoms with Crippen LogP contribution in [0.15, 0.2) is 42.5 Å².